The summed E-state index contributed by atoms with van der Waals surface area (Å²) in [4.78, 5) is 12.6. The molecule has 1 aromatic carbocycles. The van der Waals surface area contributed by atoms with Gasteiger partial charge in [0, 0.05) is 18.7 Å². The molecule has 1 saturated heterocycles. The first-order valence-corrected chi connectivity index (χ1v) is 5.44. The molecule has 2 rings (SSSR count). The first kappa shape index (κ1) is 11.9. The van der Waals surface area contributed by atoms with Crippen LogP contribution >= 0.6 is 0 Å². The van der Waals surface area contributed by atoms with E-state index in [1.165, 1.54) is 0 Å². The van der Waals surface area contributed by atoms with Gasteiger partial charge in [-0.15, -0.1) is 0 Å². The molecule has 0 radical (unpaired) electrons. The first-order chi connectivity index (χ1) is 8.09. The Kier molecular flexibility index (Phi) is 3.28. The fourth-order valence-electron chi connectivity index (χ4n) is 1.93. The lowest BCUT2D eigenvalue weighted by molar-refractivity contribution is -0.255. The number of anilines is 1. The molecule has 1 heterocycles. The second-order valence-corrected chi connectivity index (χ2v) is 4.01. The zero-order valence-corrected chi connectivity index (χ0v) is 9.53. The van der Waals surface area contributed by atoms with Gasteiger partial charge in [0.25, 0.3) is 0 Å². The topological polar surface area (TPSA) is 52.6 Å². The summed E-state index contributed by atoms with van der Waals surface area (Å²) in [5.74, 6) is -1.88. The van der Waals surface area contributed by atoms with Gasteiger partial charge in [-0.1, -0.05) is 0 Å². The number of aryl methyl sites for hydroxylation is 1. The Balaban J connectivity index is 2.35. The highest BCUT2D eigenvalue weighted by molar-refractivity contribution is 5.88. The summed E-state index contributed by atoms with van der Waals surface area (Å²) < 4.78 is 19.0. The van der Waals surface area contributed by atoms with Crippen LogP contribution in [0.15, 0.2) is 12.1 Å². The van der Waals surface area contributed by atoms with Crippen LogP contribution in [0.3, 0.4) is 0 Å². The van der Waals surface area contributed by atoms with Crippen molar-refractivity contribution in [3.05, 3.63) is 29.1 Å². The number of carbonyl (C=O) groups excluding carboxylic acids is 1. The Bertz CT molecular complexity index is 442. The smallest absolute Gasteiger partial charge is 0.147 e. The van der Waals surface area contributed by atoms with Crippen LogP contribution in [0.4, 0.5) is 10.1 Å². The number of aromatic carboxylic acids is 1. The van der Waals surface area contributed by atoms with Gasteiger partial charge in [0.1, 0.15) is 5.82 Å². The maximum Gasteiger partial charge on any atom is 0.147 e. The SMILES string of the molecule is Cc1cc(N2CCOCC2)c(F)cc1C(=O)[O-]. The van der Waals surface area contributed by atoms with Crippen molar-refractivity contribution in [1.82, 2.24) is 0 Å². The predicted molar refractivity (Wildman–Crippen MR) is 58.5 cm³/mol. The van der Waals surface area contributed by atoms with E-state index in [2.05, 4.69) is 0 Å². The minimum absolute atomic E-state index is 0.0977. The van der Waals surface area contributed by atoms with Gasteiger partial charge in [0.15, 0.2) is 0 Å². The molecule has 0 N–H and O–H groups in total. The van der Waals surface area contributed by atoms with E-state index in [0.29, 0.717) is 37.6 Å². The maximum absolute atomic E-state index is 13.8. The number of carboxylic acid groups (broad SMARTS) is 1. The van der Waals surface area contributed by atoms with Crippen molar-refractivity contribution in [1.29, 1.82) is 0 Å². The number of benzene rings is 1. The molecule has 1 aliphatic heterocycles. The van der Waals surface area contributed by atoms with Crippen LogP contribution in [0, 0.1) is 12.7 Å². The highest BCUT2D eigenvalue weighted by Gasteiger charge is 2.16. The number of hydrogen-bond acceptors (Lipinski definition) is 4. The molecular formula is C12H13FNO3-. The minimum atomic E-state index is -1.35. The molecule has 0 aliphatic carbocycles. The number of rotatable bonds is 2. The minimum Gasteiger partial charge on any atom is -0.545 e. The normalized spacial score (nSPS) is 16.0. The van der Waals surface area contributed by atoms with Gasteiger partial charge >= 0.3 is 0 Å². The number of halogens is 1. The Hall–Kier alpha value is -1.62. The summed E-state index contributed by atoms with van der Waals surface area (Å²) in [6.45, 7) is 3.97. The zero-order valence-electron chi connectivity index (χ0n) is 9.53. The van der Waals surface area contributed by atoms with E-state index < -0.39 is 11.8 Å². The first-order valence-electron chi connectivity index (χ1n) is 5.44. The van der Waals surface area contributed by atoms with E-state index in [1.807, 2.05) is 4.90 Å². The van der Waals surface area contributed by atoms with Crippen molar-refractivity contribution in [2.24, 2.45) is 0 Å². The highest BCUT2D eigenvalue weighted by Crippen LogP contribution is 2.24. The summed E-state index contributed by atoms with van der Waals surface area (Å²) in [5.41, 5.74) is 0.836. The Morgan fingerprint density at radius 2 is 2.06 bits per heavy atom. The van der Waals surface area contributed by atoms with Crippen LogP contribution in [0.1, 0.15) is 15.9 Å². The lowest BCUT2D eigenvalue weighted by Crippen LogP contribution is -2.37. The monoisotopic (exact) mass is 238 g/mol. The molecule has 17 heavy (non-hydrogen) atoms. The molecular weight excluding hydrogens is 225 g/mol. The lowest BCUT2D eigenvalue weighted by atomic mass is 10.1. The number of carbonyl (C=O) groups is 1. The number of hydrogen-bond donors (Lipinski definition) is 0. The van der Waals surface area contributed by atoms with Crippen molar-refractivity contribution in [2.45, 2.75) is 6.92 Å². The largest absolute Gasteiger partial charge is 0.545 e. The third-order valence-electron chi connectivity index (χ3n) is 2.87. The number of nitrogens with zero attached hydrogens (tertiary/aromatic N) is 1. The zero-order chi connectivity index (χ0) is 12.4. The predicted octanol–water partition coefficient (Wildman–Crippen LogP) is 0.334. The molecule has 1 fully saturated rings. The fraction of sp³-hybridized carbons (Fsp3) is 0.417. The molecule has 4 nitrogen and oxygen atoms in total. The van der Waals surface area contributed by atoms with Crippen LogP contribution in [0.2, 0.25) is 0 Å². The van der Waals surface area contributed by atoms with Gasteiger partial charge in [0.2, 0.25) is 0 Å². The molecule has 0 unspecified atom stereocenters. The van der Waals surface area contributed by atoms with E-state index in [9.17, 15) is 14.3 Å². The Morgan fingerprint density at radius 1 is 1.41 bits per heavy atom. The fourth-order valence-corrected chi connectivity index (χ4v) is 1.93. The molecule has 5 heteroatoms. The van der Waals surface area contributed by atoms with Crippen LogP contribution in [0.5, 0.6) is 0 Å². The van der Waals surface area contributed by atoms with Gasteiger partial charge in [-0.3, -0.25) is 0 Å². The Morgan fingerprint density at radius 3 is 2.65 bits per heavy atom. The van der Waals surface area contributed by atoms with Gasteiger partial charge in [0.05, 0.1) is 24.9 Å². The van der Waals surface area contributed by atoms with Crippen LogP contribution < -0.4 is 10.0 Å². The van der Waals surface area contributed by atoms with E-state index >= 15 is 0 Å². The molecule has 0 amide bonds. The second kappa shape index (κ2) is 4.71. The molecule has 0 spiro atoms. The molecule has 1 aliphatic rings. The van der Waals surface area contributed by atoms with Crippen LogP contribution in [-0.2, 0) is 4.74 Å². The molecule has 0 saturated carbocycles. The lowest BCUT2D eigenvalue weighted by Gasteiger charge is -2.29. The molecule has 0 aromatic heterocycles. The van der Waals surface area contributed by atoms with Crippen molar-refractivity contribution >= 4 is 11.7 Å². The van der Waals surface area contributed by atoms with Crippen molar-refractivity contribution in [3.63, 3.8) is 0 Å². The highest BCUT2D eigenvalue weighted by atomic mass is 19.1. The van der Waals surface area contributed by atoms with Gasteiger partial charge < -0.3 is 19.5 Å². The Labute approximate surface area is 98.6 Å². The average molecular weight is 238 g/mol. The standard InChI is InChI=1S/C12H14FNO3/c1-8-6-11(14-2-4-17-5-3-14)10(13)7-9(8)12(15)16/h6-7H,2-5H2,1H3,(H,15,16)/p-1. The third-order valence-corrected chi connectivity index (χ3v) is 2.87. The quantitative estimate of drug-likeness (QED) is 0.745. The summed E-state index contributed by atoms with van der Waals surface area (Å²) in [5, 5.41) is 10.8. The van der Waals surface area contributed by atoms with Crippen LogP contribution in [0.25, 0.3) is 0 Å². The van der Waals surface area contributed by atoms with Gasteiger partial charge in [-0.2, -0.15) is 0 Å². The van der Waals surface area contributed by atoms with Crippen molar-refractivity contribution < 1.29 is 19.0 Å². The van der Waals surface area contributed by atoms with E-state index in [-0.39, 0.29) is 5.56 Å². The summed E-state index contributed by atoms with van der Waals surface area (Å²) >= 11 is 0. The van der Waals surface area contributed by atoms with Crippen molar-refractivity contribution in [2.75, 3.05) is 31.2 Å². The van der Waals surface area contributed by atoms with E-state index in [0.717, 1.165) is 6.07 Å². The molecule has 1 aromatic rings. The summed E-state index contributed by atoms with van der Waals surface area (Å²) in [6, 6.07) is 2.57. The van der Waals surface area contributed by atoms with Crippen LogP contribution in [-0.4, -0.2) is 32.3 Å². The van der Waals surface area contributed by atoms with E-state index in [4.69, 9.17) is 4.74 Å². The number of morpholine rings is 1. The summed E-state index contributed by atoms with van der Waals surface area (Å²) in [6.07, 6.45) is 0. The maximum atomic E-state index is 13.8. The molecule has 0 atom stereocenters. The van der Waals surface area contributed by atoms with Crippen molar-refractivity contribution in [3.8, 4) is 0 Å². The molecule has 0 bridgehead atoms. The van der Waals surface area contributed by atoms with Gasteiger partial charge in [-0.25, -0.2) is 4.39 Å². The average Bonchev–Trinajstić information content (AvgIpc) is 2.32. The molecule has 92 valence electrons. The third kappa shape index (κ3) is 2.39. The second-order valence-electron chi connectivity index (χ2n) is 4.01. The van der Waals surface area contributed by atoms with E-state index in [1.54, 1.807) is 13.0 Å². The number of ether oxygens (including phenoxy) is 1. The van der Waals surface area contributed by atoms with Gasteiger partial charge in [-0.05, 0) is 24.6 Å². The number of carboxylic acids is 1. The summed E-state index contributed by atoms with van der Waals surface area (Å²) in [7, 11) is 0.